The number of aromatic nitrogens is 4. The topological polar surface area (TPSA) is 126 Å². The summed E-state index contributed by atoms with van der Waals surface area (Å²) in [7, 11) is 1.79. The minimum atomic E-state index is -0.515. The molecule has 0 amide bonds. The Labute approximate surface area is 118 Å². The summed E-state index contributed by atoms with van der Waals surface area (Å²) in [6, 6.07) is 4.04. The second kappa shape index (κ2) is 4.71. The van der Waals surface area contributed by atoms with Crippen molar-refractivity contribution < 1.29 is 9.45 Å². The Morgan fingerprint density at radius 3 is 2.90 bits per heavy atom. The molecule has 0 spiro atoms. The molecule has 106 valence electrons. The molecule has 3 aromatic rings. The van der Waals surface area contributed by atoms with Crippen molar-refractivity contribution in [3.05, 3.63) is 40.7 Å². The molecule has 0 aliphatic carbocycles. The number of nitrogen functional groups attached to an aromatic ring is 1. The third kappa shape index (κ3) is 2.20. The molecule has 2 N–H and O–H groups in total. The SMILES string of the molecule is Cn1ccnc1-c1noc(-c2cc([N+](=O)[O-])ccc2N)n1. The highest BCUT2D eigenvalue weighted by Crippen LogP contribution is 2.29. The van der Waals surface area contributed by atoms with Gasteiger partial charge in [-0.1, -0.05) is 5.16 Å². The van der Waals surface area contributed by atoms with Crippen LogP contribution in [-0.4, -0.2) is 24.6 Å². The number of nitro groups is 1. The maximum atomic E-state index is 10.8. The first-order chi connectivity index (χ1) is 10.1. The maximum absolute atomic E-state index is 10.8. The summed E-state index contributed by atoms with van der Waals surface area (Å²) in [5, 5.41) is 14.6. The molecule has 0 radical (unpaired) electrons. The second-order valence-corrected chi connectivity index (χ2v) is 4.31. The molecule has 0 aliphatic rings. The molecule has 0 atom stereocenters. The normalized spacial score (nSPS) is 10.7. The average molecular weight is 286 g/mol. The van der Waals surface area contributed by atoms with Gasteiger partial charge in [-0.05, 0) is 6.07 Å². The Bertz CT molecular complexity index is 822. The van der Waals surface area contributed by atoms with E-state index in [4.69, 9.17) is 10.3 Å². The molecule has 0 bridgehead atoms. The summed E-state index contributed by atoms with van der Waals surface area (Å²) in [6.45, 7) is 0. The van der Waals surface area contributed by atoms with Crippen LogP contribution in [0.3, 0.4) is 0 Å². The van der Waals surface area contributed by atoms with Crippen molar-refractivity contribution in [3.8, 4) is 23.1 Å². The van der Waals surface area contributed by atoms with Crippen molar-refractivity contribution in [2.45, 2.75) is 0 Å². The summed E-state index contributed by atoms with van der Waals surface area (Å²) >= 11 is 0. The van der Waals surface area contributed by atoms with Gasteiger partial charge < -0.3 is 14.8 Å². The first-order valence-electron chi connectivity index (χ1n) is 5.92. The van der Waals surface area contributed by atoms with E-state index >= 15 is 0 Å². The van der Waals surface area contributed by atoms with E-state index in [9.17, 15) is 10.1 Å². The van der Waals surface area contributed by atoms with Crippen LogP contribution in [0.1, 0.15) is 0 Å². The van der Waals surface area contributed by atoms with E-state index < -0.39 is 4.92 Å². The fraction of sp³-hybridized carbons (Fsp3) is 0.0833. The van der Waals surface area contributed by atoms with Gasteiger partial charge >= 0.3 is 0 Å². The van der Waals surface area contributed by atoms with Gasteiger partial charge in [-0.3, -0.25) is 10.1 Å². The molecule has 2 aromatic heterocycles. The number of rotatable bonds is 3. The van der Waals surface area contributed by atoms with Gasteiger partial charge in [0.1, 0.15) is 0 Å². The number of imidazole rings is 1. The molecule has 0 aliphatic heterocycles. The number of hydrogen-bond donors (Lipinski definition) is 1. The number of hydrogen-bond acceptors (Lipinski definition) is 7. The number of nitrogens with zero attached hydrogens (tertiary/aromatic N) is 5. The lowest BCUT2D eigenvalue weighted by Crippen LogP contribution is -1.95. The van der Waals surface area contributed by atoms with Gasteiger partial charge in [-0.2, -0.15) is 4.98 Å². The molecule has 1 aromatic carbocycles. The standard InChI is InChI=1S/C12H10N6O3/c1-17-5-4-14-11(17)10-15-12(21-16-10)8-6-7(18(19)20)2-3-9(8)13/h2-6H,13H2,1H3. The Hall–Kier alpha value is -3.23. The van der Waals surface area contributed by atoms with Gasteiger partial charge in [0.25, 0.3) is 11.6 Å². The van der Waals surface area contributed by atoms with Crippen LogP contribution in [0.5, 0.6) is 0 Å². The lowest BCUT2D eigenvalue weighted by atomic mass is 10.1. The van der Waals surface area contributed by atoms with E-state index in [-0.39, 0.29) is 17.4 Å². The first kappa shape index (κ1) is 12.8. The Morgan fingerprint density at radius 1 is 1.43 bits per heavy atom. The Morgan fingerprint density at radius 2 is 2.24 bits per heavy atom. The predicted molar refractivity (Wildman–Crippen MR) is 73.0 cm³/mol. The Balaban J connectivity index is 2.06. The average Bonchev–Trinajstić information content (AvgIpc) is 3.07. The molecule has 0 saturated carbocycles. The zero-order valence-corrected chi connectivity index (χ0v) is 10.9. The molecule has 9 nitrogen and oxygen atoms in total. The summed E-state index contributed by atoms with van der Waals surface area (Å²) in [5.41, 5.74) is 6.34. The summed E-state index contributed by atoms with van der Waals surface area (Å²) in [6.07, 6.45) is 3.35. The van der Waals surface area contributed by atoms with Crippen LogP contribution in [0, 0.1) is 10.1 Å². The smallest absolute Gasteiger partial charge is 0.270 e. The van der Waals surface area contributed by atoms with E-state index in [1.165, 1.54) is 18.2 Å². The van der Waals surface area contributed by atoms with Crippen LogP contribution in [0.4, 0.5) is 11.4 Å². The molecule has 0 unspecified atom stereocenters. The zero-order chi connectivity index (χ0) is 15.0. The quantitative estimate of drug-likeness (QED) is 0.440. The molecule has 0 fully saturated rings. The van der Waals surface area contributed by atoms with Crippen LogP contribution in [0.2, 0.25) is 0 Å². The fourth-order valence-corrected chi connectivity index (χ4v) is 1.85. The van der Waals surface area contributed by atoms with Crippen molar-refractivity contribution in [2.24, 2.45) is 7.05 Å². The molecular formula is C12H10N6O3. The van der Waals surface area contributed by atoms with Gasteiger partial charge in [0, 0.05) is 37.3 Å². The molecule has 2 heterocycles. The number of non-ortho nitro benzene ring substituents is 1. The number of nitrogens with two attached hydrogens (primary N) is 1. The number of aryl methyl sites for hydroxylation is 1. The molecular weight excluding hydrogens is 276 g/mol. The van der Waals surface area contributed by atoms with Crippen LogP contribution in [0.25, 0.3) is 23.1 Å². The van der Waals surface area contributed by atoms with Gasteiger partial charge in [0.2, 0.25) is 5.82 Å². The molecule has 0 saturated heterocycles. The van der Waals surface area contributed by atoms with Gasteiger partial charge in [-0.15, -0.1) is 0 Å². The van der Waals surface area contributed by atoms with Crippen LogP contribution in [-0.2, 0) is 7.05 Å². The number of anilines is 1. The number of benzene rings is 1. The van der Waals surface area contributed by atoms with E-state index in [0.717, 1.165) is 0 Å². The minimum absolute atomic E-state index is 0.101. The maximum Gasteiger partial charge on any atom is 0.270 e. The van der Waals surface area contributed by atoms with Crippen molar-refractivity contribution in [1.29, 1.82) is 0 Å². The minimum Gasteiger partial charge on any atom is -0.398 e. The highest BCUT2D eigenvalue weighted by molar-refractivity contribution is 5.73. The summed E-state index contributed by atoms with van der Waals surface area (Å²) in [5.74, 6) is 0.909. The summed E-state index contributed by atoms with van der Waals surface area (Å²) in [4.78, 5) is 18.6. The molecule has 3 rings (SSSR count). The van der Waals surface area contributed by atoms with E-state index in [0.29, 0.717) is 17.1 Å². The van der Waals surface area contributed by atoms with Crippen molar-refractivity contribution in [1.82, 2.24) is 19.7 Å². The van der Waals surface area contributed by atoms with Crippen LogP contribution in [0.15, 0.2) is 35.1 Å². The largest absolute Gasteiger partial charge is 0.398 e. The summed E-state index contributed by atoms with van der Waals surface area (Å²) < 4.78 is 6.86. The van der Waals surface area contributed by atoms with E-state index in [1.807, 2.05) is 0 Å². The lowest BCUT2D eigenvalue weighted by Gasteiger charge is -1.99. The third-order valence-electron chi connectivity index (χ3n) is 2.93. The van der Waals surface area contributed by atoms with E-state index in [2.05, 4.69) is 15.1 Å². The lowest BCUT2D eigenvalue weighted by molar-refractivity contribution is -0.384. The van der Waals surface area contributed by atoms with Crippen molar-refractivity contribution >= 4 is 11.4 Å². The monoisotopic (exact) mass is 286 g/mol. The van der Waals surface area contributed by atoms with Crippen LogP contribution < -0.4 is 5.73 Å². The van der Waals surface area contributed by atoms with E-state index in [1.54, 1.807) is 24.0 Å². The molecule has 9 heteroatoms. The number of nitro benzene ring substituents is 1. The second-order valence-electron chi connectivity index (χ2n) is 4.31. The third-order valence-corrected chi connectivity index (χ3v) is 2.93. The van der Waals surface area contributed by atoms with Crippen molar-refractivity contribution in [2.75, 3.05) is 5.73 Å². The fourth-order valence-electron chi connectivity index (χ4n) is 1.85. The van der Waals surface area contributed by atoms with Crippen LogP contribution >= 0.6 is 0 Å². The van der Waals surface area contributed by atoms with Crippen molar-refractivity contribution in [3.63, 3.8) is 0 Å². The highest BCUT2D eigenvalue weighted by atomic mass is 16.6. The predicted octanol–water partition coefficient (Wildman–Crippen LogP) is 1.63. The zero-order valence-electron chi connectivity index (χ0n) is 10.9. The van der Waals surface area contributed by atoms with Gasteiger partial charge in [0.15, 0.2) is 5.82 Å². The van der Waals surface area contributed by atoms with Gasteiger partial charge in [0.05, 0.1) is 10.5 Å². The molecule has 21 heavy (non-hydrogen) atoms. The Kier molecular flexibility index (Phi) is 2.87. The van der Waals surface area contributed by atoms with Gasteiger partial charge in [-0.25, -0.2) is 4.98 Å². The highest BCUT2D eigenvalue weighted by Gasteiger charge is 2.18. The first-order valence-corrected chi connectivity index (χ1v) is 5.92.